The summed E-state index contributed by atoms with van der Waals surface area (Å²) in [4.78, 5) is 2.24. The molecule has 0 saturated carbocycles. The molecule has 0 amide bonds. The Hall–Kier alpha value is -1.88. The Morgan fingerprint density at radius 1 is 1.12 bits per heavy atom. The molecule has 0 bridgehead atoms. The van der Waals surface area contributed by atoms with E-state index in [4.69, 9.17) is 21.7 Å². The van der Waals surface area contributed by atoms with Gasteiger partial charge in [0.2, 0.25) is 0 Å². The van der Waals surface area contributed by atoms with Gasteiger partial charge in [-0.3, -0.25) is 0 Å². The van der Waals surface area contributed by atoms with Gasteiger partial charge in [0.05, 0.1) is 14.2 Å². The minimum absolute atomic E-state index is 0.149. The van der Waals surface area contributed by atoms with Gasteiger partial charge in [0.1, 0.15) is 4.21 Å². The van der Waals surface area contributed by atoms with Crippen molar-refractivity contribution < 1.29 is 17.9 Å². The van der Waals surface area contributed by atoms with E-state index in [0.717, 1.165) is 67.5 Å². The summed E-state index contributed by atoms with van der Waals surface area (Å²) in [5, 5.41) is 5.98. The van der Waals surface area contributed by atoms with Crippen molar-refractivity contribution >= 4 is 38.7 Å². The fourth-order valence-electron chi connectivity index (χ4n) is 4.72. The molecule has 2 fully saturated rings. The highest BCUT2D eigenvalue weighted by molar-refractivity contribution is 7.91. The van der Waals surface area contributed by atoms with Gasteiger partial charge in [-0.1, -0.05) is 12.1 Å². The van der Waals surface area contributed by atoms with Crippen molar-refractivity contribution in [3.63, 3.8) is 0 Å². The van der Waals surface area contributed by atoms with E-state index in [0.29, 0.717) is 17.3 Å². The summed E-state index contributed by atoms with van der Waals surface area (Å²) in [7, 11) is -0.0884. The van der Waals surface area contributed by atoms with Crippen LogP contribution in [0, 0.1) is 5.41 Å². The summed E-state index contributed by atoms with van der Waals surface area (Å²) in [6.45, 7) is 3.70. The van der Waals surface area contributed by atoms with Gasteiger partial charge in [0.15, 0.2) is 16.6 Å². The van der Waals surface area contributed by atoms with Crippen LogP contribution < -0.4 is 14.8 Å². The van der Waals surface area contributed by atoms with Crippen molar-refractivity contribution in [3.8, 4) is 11.5 Å². The fourth-order valence-corrected chi connectivity index (χ4v) is 7.56. The second-order valence-corrected chi connectivity index (χ2v) is 12.2. The predicted molar refractivity (Wildman–Crippen MR) is 135 cm³/mol. The molecule has 1 aromatic carbocycles. The number of methoxy groups -OCH3 is 2. The van der Waals surface area contributed by atoms with E-state index >= 15 is 0 Å². The third kappa shape index (κ3) is 5.29. The maximum Gasteiger partial charge on any atom is 0.252 e. The molecule has 3 heterocycles. The first-order chi connectivity index (χ1) is 15.9. The third-order valence-corrected chi connectivity index (χ3v) is 10.4. The molecule has 1 aromatic heterocycles. The third-order valence-electron chi connectivity index (χ3n) is 6.74. The molecule has 2 aliphatic rings. The number of hydrogen-bond donors (Lipinski definition) is 1. The van der Waals surface area contributed by atoms with Crippen LogP contribution in [0.1, 0.15) is 24.8 Å². The zero-order valence-electron chi connectivity index (χ0n) is 19.1. The topological polar surface area (TPSA) is 71.1 Å². The molecule has 0 unspecified atom stereocenters. The lowest BCUT2D eigenvalue weighted by atomic mass is 9.78. The van der Waals surface area contributed by atoms with Crippen LogP contribution in [0.5, 0.6) is 11.5 Å². The van der Waals surface area contributed by atoms with Crippen LogP contribution in [0.3, 0.4) is 0 Å². The smallest absolute Gasteiger partial charge is 0.252 e. The van der Waals surface area contributed by atoms with E-state index in [1.165, 1.54) is 11.3 Å². The Kier molecular flexibility index (Phi) is 7.47. The monoisotopic (exact) mass is 509 g/mol. The lowest BCUT2D eigenvalue weighted by molar-refractivity contribution is 0.166. The second-order valence-electron chi connectivity index (χ2n) is 8.68. The molecule has 1 N–H and O–H groups in total. The highest BCUT2D eigenvalue weighted by Gasteiger charge is 2.43. The summed E-state index contributed by atoms with van der Waals surface area (Å²) in [5.41, 5.74) is 1.30. The SMILES string of the molecule is COc1ccc(CCNC(=S)N2CCC3(CCN(S(=O)(=O)c4cccs4)CC3)C2)cc1OC. The molecule has 0 atom stereocenters. The zero-order valence-corrected chi connectivity index (χ0v) is 21.5. The maximum atomic E-state index is 12.8. The molecule has 7 nitrogen and oxygen atoms in total. The number of likely N-dealkylation sites (tertiary alicyclic amines) is 1. The Morgan fingerprint density at radius 3 is 2.52 bits per heavy atom. The van der Waals surface area contributed by atoms with Crippen molar-refractivity contribution in [2.24, 2.45) is 5.41 Å². The van der Waals surface area contributed by atoms with Crippen molar-refractivity contribution in [1.82, 2.24) is 14.5 Å². The zero-order chi connectivity index (χ0) is 23.5. The van der Waals surface area contributed by atoms with Gasteiger partial charge in [-0.15, -0.1) is 11.3 Å². The van der Waals surface area contributed by atoms with Gasteiger partial charge < -0.3 is 19.7 Å². The number of piperidine rings is 1. The normalized spacial score (nSPS) is 18.4. The molecule has 0 aliphatic carbocycles. The van der Waals surface area contributed by atoms with E-state index in [2.05, 4.69) is 10.2 Å². The molecule has 2 aliphatic heterocycles. The number of thiophene rings is 1. The van der Waals surface area contributed by atoms with Crippen LogP contribution in [0.2, 0.25) is 0 Å². The number of nitrogens with zero attached hydrogens (tertiary/aromatic N) is 2. The molecule has 2 saturated heterocycles. The lowest BCUT2D eigenvalue weighted by Crippen LogP contribution is -2.45. The fraction of sp³-hybridized carbons (Fsp3) is 0.522. The average Bonchev–Trinajstić information content (AvgIpc) is 3.51. The second kappa shape index (κ2) is 10.2. The predicted octanol–water partition coefficient (Wildman–Crippen LogP) is 3.36. The van der Waals surface area contributed by atoms with Crippen LogP contribution in [0.4, 0.5) is 0 Å². The van der Waals surface area contributed by atoms with E-state index in [1.54, 1.807) is 30.7 Å². The largest absolute Gasteiger partial charge is 0.493 e. The number of thiocarbonyl (C=S) groups is 1. The number of hydrogen-bond acceptors (Lipinski definition) is 6. The summed E-state index contributed by atoms with van der Waals surface area (Å²) < 4.78 is 38.4. The number of nitrogens with one attached hydrogen (secondary N) is 1. The lowest BCUT2D eigenvalue weighted by Gasteiger charge is -2.38. The summed E-state index contributed by atoms with van der Waals surface area (Å²) in [5.74, 6) is 1.45. The Morgan fingerprint density at radius 2 is 1.85 bits per heavy atom. The van der Waals surface area contributed by atoms with Crippen molar-refractivity contribution in [2.75, 3.05) is 46.9 Å². The number of benzene rings is 1. The van der Waals surface area contributed by atoms with Crippen LogP contribution in [-0.4, -0.2) is 69.7 Å². The van der Waals surface area contributed by atoms with Gasteiger partial charge in [0, 0.05) is 32.7 Å². The molecule has 2 aromatic rings. The minimum Gasteiger partial charge on any atom is -0.493 e. The van der Waals surface area contributed by atoms with E-state index in [-0.39, 0.29) is 5.41 Å². The maximum absolute atomic E-state index is 12.8. The minimum atomic E-state index is -3.36. The quantitative estimate of drug-likeness (QED) is 0.574. The van der Waals surface area contributed by atoms with E-state index < -0.39 is 10.0 Å². The van der Waals surface area contributed by atoms with E-state index in [9.17, 15) is 8.42 Å². The molecule has 1 spiro atoms. The molecule has 10 heteroatoms. The van der Waals surface area contributed by atoms with E-state index in [1.807, 2.05) is 23.6 Å². The first kappa shape index (κ1) is 24.3. The van der Waals surface area contributed by atoms with Crippen LogP contribution in [-0.2, 0) is 16.4 Å². The van der Waals surface area contributed by atoms with Crippen molar-refractivity contribution in [3.05, 3.63) is 41.3 Å². The van der Waals surface area contributed by atoms with Crippen molar-refractivity contribution in [2.45, 2.75) is 29.9 Å². The number of sulfonamides is 1. The first-order valence-corrected chi connectivity index (χ1v) is 13.9. The molecule has 33 heavy (non-hydrogen) atoms. The standard InChI is InChI=1S/C23H31N3O4S3/c1-29-19-6-5-18(16-20(19)30-2)7-11-24-22(31)25-12-8-23(17-25)9-13-26(14-10-23)33(27,28)21-4-3-15-32-21/h3-6,15-16H,7-14,17H2,1-2H3,(H,24,31). The highest BCUT2D eigenvalue weighted by Crippen LogP contribution is 2.41. The molecule has 180 valence electrons. The van der Waals surface area contributed by atoms with Gasteiger partial charge in [-0.25, -0.2) is 8.42 Å². The molecule has 0 radical (unpaired) electrons. The Balaban J connectivity index is 1.26. The van der Waals surface area contributed by atoms with Crippen molar-refractivity contribution in [1.29, 1.82) is 0 Å². The molecule has 4 rings (SSSR count). The van der Waals surface area contributed by atoms with Crippen LogP contribution in [0.15, 0.2) is 39.9 Å². The number of ether oxygens (including phenoxy) is 2. The van der Waals surface area contributed by atoms with Gasteiger partial charge in [-0.2, -0.15) is 4.31 Å². The number of rotatable bonds is 7. The molecular formula is C23H31N3O4S3. The molecular weight excluding hydrogens is 478 g/mol. The Bertz CT molecular complexity index is 1060. The summed E-state index contributed by atoms with van der Waals surface area (Å²) in [6.07, 6.45) is 3.64. The first-order valence-electron chi connectivity index (χ1n) is 11.1. The highest BCUT2D eigenvalue weighted by atomic mass is 32.2. The average molecular weight is 510 g/mol. The summed E-state index contributed by atoms with van der Waals surface area (Å²) in [6, 6.07) is 9.42. The Labute approximate surface area is 205 Å². The van der Waals surface area contributed by atoms with Crippen LogP contribution >= 0.6 is 23.6 Å². The van der Waals surface area contributed by atoms with Gasteiger partial charge in [-0.05, 0) is 72.5 Å². The van der Waals surface area contributed by atoms with Crippen LogP contribution in [0.25, 0.3) is 0 Å². The van der Waals surface area contributed by atoms with Gasteiger partial charge in [0.25, 0.3) is 10.0 Å². The summed E-state index contributed by atoms with van der Waals surface area (Å²) >= 11 is 6.96. The van der Waals surface area contributed by atoms with Gasteiger partial charge >= 0.3 is 0 Å².